The van der Waals surface area contributed by atoms with Gasteiger partial charge in [0.15, 0.2) is 0 Å². The highest BCUT2D eigenvalue weighted by molar-refractivity contribution is 7.89. The molecular formula is C30H36N4O7S. The zero-order valence-electron chi connectivity index (χ0n) is 24.0. The molecule has 0 aliphatic carbocycles. The van der Waals surface area contributed by atoms with Gasteiger partial charge in [-0.1, -0.05) is 25.1 Å². The number of aliphatic hydroxyl groups is 1. The van der Waals surface area contributed by atoms with Gasteiger partial charge in [0, 0.05) is 30.9 Å². The number of benzene rings is 3. The van der Waals surface area contributed by atoms with Crippen molar-refractivity contribution in [2.24, 2.45) is 5.92 Å². The molecule has 0 fully saturated rings. The number of carbonyl (C=O) groups excluding carboxylic acids is 2. The predicted molar refractivity (Wildman–Crippen MR) is 159 cm³/mol. The summed E-state index contributed by atoms with van der Waals surface area (Å²) >= 11 is 0. The highest BCUT2D eigenvalue weighted by Gasteiger charge is 2.35. The summed E-state index contributed by atoms with van der Waals surface area (Å²) < 4.78 is 39.1. The number of anilines is 2. The molecule has 0 unspecified atom stereocenters. The zero-order valence-corrected chi connectivity index (χ0v) is 24.8. The number of likely N-dealkylation sites (N-methyl/N-ethyl adjacent to an activating group) is 1. The van der Waals surface area contributed by atoms with Crippen molar-refractivity contribution < 1.29 is 32.6 Å². The first-order valence-corrected chi connectivity index (χ1v) is 14.9. The fourth-order valence-electron chi connectivity index (χ4n) is 4.61. The van der Waals surface area contributed by atoms with Crippen LogP contribution in [0.5, 0.6) is 11.5 Å². The summed E-state index contributed by atoms with van der Waals surface area (Å²) in [5, 5.41) is 15.4. The van der Waals surface area contributed by atoms with E-state index in [1.54, 1.807) is 73.5 Å². The maximum Gasteiger partial charge on any atom is 0.323 e. The molecule has 0 spiro atoms. The molecule has 0 bridgehead atoms. The first-order chi connectivity index (χ1) is 20.0. The van der Waals surface area contributed by atoms with E-state index >= 15 is 0 Å². The van der Waals surface area contributed by atoms with Gasteiger partial charge in [0.05, 0.1) is 36.8 Å². The average Bonchev–Trinajstić information content (AvgIpc) is 2.99. The lowest BCUT2D eigenvalue weighted by atomic mass is 9.99. The molecule has 3 atom stereocenters. The lowest BCUT2D eigenvalue weighted by Gasteiger charge is -2.38. The van der Waals surface area contributed by atoms with Gasteiger partial charge in [-0.2, -0.15) is 4.31 Å². The third-order valence-electron chi connectivity index (χ3n) is 7.16. The minimum atomic E-state index is -3.78. The van der Waals surface area contributed by atoms with Crippen LogP contribution in [-0.4, -0.2) is 80.7 Å². The number of rotatable bonds is 9. The summed E-state index contributed by atoms with van der Waals surface area (Å²) in [5.74, 6) is 0.247. The minimum Gasteiger partial charge on any atom is -0.497 e. The van der Waals surface area contributed by atoms with Crippen LogP contribution in [0.4, 0.5) is 16.2 Å². The van der Waals surface area contributed by atoms with Crippen LogP contribution in [0.15, 0.2) is 77.7 Å². The first kappa shape index (κ1) is 30.8. The Labute approximate surface area is 246 Å². The standard InChI is InChI=1S/C30H36N4O7S/c1-20-17-34(21(2)19-35)29(36)26-16-23(32-30(37)31-22-10-13-24(40-4)14-11-22)12-15-27(26)41-28(20)18-33(3)42(38,39)25-8-6-5-7-9-25/h5-16,20-21,28,35H,17-19H2,1-4H3,(H2,31,32,37)/t20-,21+,28+/m0/s1. The third kappa shape index (κ3) is 7.01. The summed E-state index contributed by atoms with van der Waals surface area (Å²) in [6, 6.07) is 18.6. The Hall–Kier alpha value is -4.13. The number of aliphatic hydroxyl groups excluding tert-OH is 1. The summed E-state index contributed by atoms with van der Waals surface area (Å²) in [6.45, 7) is 3.60. The second-order valence-corrected chi connectivity index (χ2v) is 12.3. The molecule has 11 nitrogen and oxygen atoms in total. The van der Waals surface area contributed by atoms with E-state index in [1.807, 2.05) is 6.92 Å². The van der Waals surface area contributed by atoms with Crippen LogP contribution < -0.4 is 20.1 Å². The number of sulfonamides is 1. The molecule has 1 aliphatic rings. The number of fused-ring (bicyclic) bond motifs is 1. The third-order valence-corrected chi connectivity index (χ3v) is 9.00. The molecule has 3 aromatic carbocycles. The number of urea groups is 1. The minimum absolute atomic E-state index is 0.0254. The van der Waals surface area contributed by atoms with Crippen LogP contribution in [-0.2, 0) is 10.0 Å². The number of nitrogens with zero attached hydrogens (tertiary/aromatic N) is 2. The van der Waals surface area contributed by atoms with Crippen LogP contribution in [0, 0.1) is 5.92 Å². The topological polar surface area (TPSA) is 138 Å². The Bertz CT molecular complexity index is 1500. The highest BCUT2D eigenvalue weighted by atomic mass is 32.2. The van der Waals surface area contributed by atoms with Crippen molar-refractivity contribution in [1.29, 1.82) is 0 Å². The van der Waals surface area contributed by atoms with E-state index in [9.17, 15) is 23.1 Å². The van der Waals surface area contributed by atoms with Gasteiger partial charge in [0.2, 0.25) is 10.0 Å². The van der Waals surface area contributed by atoms with Crippen molar-refractivity contribution in [3.05, 3.63) is 78.4 Å². The Balaban J connectivity index is 1.59. The number of nitrogens with one attached hydrogen (secondary N) is 2. The maximum atomic E-state index is 13.7. The number of hydrogen-bond donors (Lipinski definition) is 3. The van der Waals surface area contributed by atoms with Gasteiger partial charge in [-0.05, 0) is 61.5 Å². The van der Waals surface area contributed by atoms with Crippen LogP contribution in [0.3, 0.4) is 0 Å². The van der Waals surface area contributed by atoms with E-state index in [2.05, 4.69) is 10.6 Å². The number of amides is 3. The molecule has 0 aromatic heterocycles. The van der Waals surface area contributed by atoms with E-state index in [-0.39, 0.29) is 47.7 Å². The van der Waals surface area contributed by atoms with Crippen molar-refractivity contribution in [2.75, 3.05) is 44.5 Å². The van der Waals surface area contributed by atoms with Crippen LogP contribution in [0.2, 0.25) is 0 Å². The lowest BCUT2D eigenvalue weighted by Crippen LogP contribution is -2.50. The summed E-state index contributed by atoms with van der Waals surface area (Å²) in [5.41, 5.74) is 1.08. The van der Waals surface area contributed by atoms with Crippen LogP contribution in [0.1, 0.15) is 24.2 Å². The van der Waals surface area contributed by atoms with Gasteiger partial charge in [0.1, 0.15) is 17.6 Å². The van der Waals surface area contributed by atoms with Gasteiger partial charge < -0.3 is 30.1 Å². The Morgan fingerprint density at radius 1 is 1.10 bits per heavy atom. The van der Waals surface area contributed by atoms with E-state index in [0.29, 0.717) is 17.1 Å². The first-order valence-electron chi connectivity index (χ1n) is 13.5. The zero-order chi connectivity index (χ0) is 30.4. The molecule has 0 saturated carbocycles. The maximum absolute atomic E-state index is 13.7. The SMILES string of the molecule is COc1ccc(NC(=O)Nc2ccc3c(c2)C(=O)N([C@H](C)CO)C[C@H](C)[C@@H](CN(C)S(=O)(=O)c2ccccc2)O3)cc1. The molecule has 0 saturated heterocycles. The van der Waals surface area contributed by atoms with E-state index in [0.717, 1.165) is 0 Å². The molecule has 42 heavy (non-hydrogen) atoms. The van der Waals surface area contributed by atoms with Crippen LogP contribution >= 0.6 is 0 Å². The molecule has 3 amide bonds. The van der Waals surface area contributed by atoms with Crippen molar-refractivity contribution >= 4 is 33.3 Å². The van der Waals surface area contributed by atoms with E-state index < -0.39 is 28.2 Å². The lowest BCUT2D eigenvalue weighted by molar-refractivity contribution is 0.0387. The fourth-order valence-corrected chi connectivity index (χ4v) is 5.81. The summed E-state index contributed by atoms with van der Waals surface area (Å²) in [7, 11) is -0.740. The molecule has 1 heterocycles. The van der Waals surface area contributed by atoms with Crippen molar-refractivity contribution in [2.45, 2.75) is 30.9 Å². The summed E-state index contributed by atoms with van der Waals surface area (Å²) in [6.07, 6.45) is -0.620. The Kier molecular flexibility index (Phi) is 9.71. The summed E-state index contributed by atoms with van der Waals surface area (Å²) in [4.78, 5) is 28.1. The van der Waals surface area contributed by atoms with Crippen molar-refractivity contribution in [1.82, 2.24) is 9.21 Å². The molecule has 0 radical (unpaired) electrons. The second kappa shape index (κ2) is 13.2. The smallest absolute Gasteiger partial charge is 0.323 e. The monoisotopic (exact) mass is 596 g/mol. The molecule has 1 aliphatic heterocycles. The molecule has 12 heteroatoms. The molecule has 3 aromatic rings. The van der Waals surface area contributed by atoms with Crippen molar-refractivity contribution in [3.63, 3.8) is 0 Å². The van der Waals surface area contributed by atoms with Gasteiger partial charge in [-0.25, -0.2) is 13.2 Å². The predicted octanol–water partition coefficient (Wildman–Crippen LogP) is 3.88. The van der Waals surface area contributed by atoms with Crippen LogP contribution in [0.25, 0.3) is 0 Å². The van der Waals surface area contributed by atoms with Crippen molar-refractivity contribution in [3.8, 4) is 11.5 Å². The number of carbonyl (C=O) groups is 2. The number of methoxy groups -OCH3 is 1. The quantitative estimate of drug-likeness (QED) is 0.341. The van der Waals surface area contributed by atoms with Gasteiger partial charge >= 0.3 is 6.03 Å². The van der Waals surface area contributed by atoms with Gasteiger partial charge in [-0.3, -0.25) is 4.79 Å². The number of ether oxygens (including phenoxy) is 2. The highest BCUT2D eigenvalue weighted by Crippen LogP contribution is 2.31. The van der Waals surface area contributed by atoms with Gasteiger partial charge in [0.25, 0.3) is 5.91 Å². The number of hydrogen-bond acceptors (Lipinski definition) is 7. The van der Waals surface area contributed by atoms with Gasteiger partial charge in [-0.15, -0.1) is 0 Å². The molecule has 224 valence electrons. The van der Waals surface area contributed by atoms with E-state index in [1.165, 1.54) is 29.6 Å². The molecular weight excluding hydrogens is 560 g/mol. The Morgan fingerprint density at radius 2 is 1.74 bits per heavy atom. The second-order valence-electron chi connectivity index (χ2n) is 10.2. The largest absolute Gasteiger partial charge is 0.497 e. The average molecular weight is 597 g/mol. The normalized spacial score (nSPS) is 17.9. The Morgan fingerprint density at radius 3 is 2.38 bits per heavy atom. The molecule has 4 rings (SSSR count). The van der Waals surface area contributed by atoms with E-state index in [4.69, 9.17) is 9.47 Å². The molecule has 3 N–H and O–H groups in total. The fraction of sp³-hybridized carbons (Fsp3) is 0.333.